The van der Waals surface area contributed by atoms with Gasteiger partial charge in [-0.25, -0.2) is 9.78 Å². The maximum Gasteiger partial charge on any atom is 0.410 e. The zero-order chi connectivity index (χ0) is 16.3. The SMILES string of the molecule is Cc1nc(NC2CCCN(C(=O)OC(C)(C)C)C2)nnc1Cl. The normalized spacial score (nSPS) is 19.0. The zero-order valence-corrected chi connectivity index (χ0v) is 14.1. The summed E-state index contributed by atoms with van der Waals surface area (Å²) in [6.45, 7) is 8.61. The highest BCUT2D eigenvalue weighted by atomic mass is 35.5. The van der Waals surface area contributed by atoms with Crippen LogP contribution in [0.1, 0.15) is 39.3 Å². The van der Waals surface area contributed by atoms with E-state index in [0.717, 1.165) is 12.8 Å². The van der Waals surface area contributed by atoms with Crippen molar-refractivity contribution < 1.29 is 9.53 Å². The van der Waals surface area contributed by atoms with Gasteiger partial charge in [0.05, 0.1) is 5.69 Å². The molecule has 1 unspecified atom stereocenters. The molecular weight excluding hydrogens is 306 g/mol. The molecule has 1 amide bonds. The molecule has 7 nitrogen and oxygen atoms in total. The van der Waals surface area contributed by atoms with Gasteiger partial charge in [0.1, 0.15) is 5.60 Å². The zero-order valence-electron chi connectivity index (χ0n) is 13.4. The van der Waals surface area contributed by atoms with Crippen molar-refractivity contribution >= 4 is 23.6 Å². The Balaban J connectivity index is 1.95. The van der Waals surface area contributed by atoms with Crippen molar-refractivity contribution in [2.45, 2.75) is 52.2 Å². The number of nitrogens with one attached hydrogen (secondary N) is 1. The predicted molar refractivity (Wildman–Crippen MR) is 84.0 cm³/mol. The number of carbonyl (C=O) groups excluding carboxylic acids is 1. The topological polar surface area (TPSA) is 80.2 Å². The van der Waals surface area contributed by atoms with Crippen LogP contribution >= 0.6 is 11.6 Å². The first-order valence-corrected chi connectivity index (χ1v) is 7.73. The molecule has 0 saturated carbocycles. The summed E-state index contributed by atoms with van der Waals surface area (Å²) in [5.41, 5.74) is 0.136. The van der Waals surface area contributed by atoms with Gasteiger partial charge in [-0.3, -0.25) is 0 Å². The number of amides is 1. The molecule has 1 aliphatic heterocycles. The summed E-state index contributed by atoms with van der Waals surface area (Å²) in [6.07, 6.45) is 1.55. The molecule has 0 aliphatic carbocycles. The van der Waals surface area contributed by atoms with Gasteiger partial charge < -0.3 is 15.0 Å². The molecule has 1 N–H and O–H groups in total. The van der Waals surface area contributed by atoms with Crippen molar-refractivity contribution in [2.75, 3.05) is 18.4 Å². The molecule has 2 rings (SSSR count). The molecule has 2 heterocycles. The van der Waals surface area contributed by atoms with E-state index >= 15 is 0 Å². The minimum absolute atomic E-state index is 0.0728. The molecule has 8 heteroatoms. The summed E-state index contributed by atoms with van der Waals surface area (Å²) in [4.78, 5) is 18.1. The third-order valence-corrected chi connectivity index (χ3v) is 3.56. The lowest BCUT2D eigenvalue weighted by molar-refractivity contribution is 0.0206. The minimum Gasteiger partial charge on any atom is -0.444 e. The fourth-order valence-corrected chi connectivity index (χ4v) is 2.30. The molecule has 0 bridgehead atoms. The molecule has 1 aromatic rings. The molecule has 0 radical (unpaired) electrons. The molecule has 122 valence electrons. The van der Waals surface area contributed by atoms with Crippen molar-refractivity contribution in [1.82, 2.24) is 20.1 Å². The summed E-state index contributed by atoms with van der Waals surface area (Å²) in [5.74, 6) is 0.429. The maximum atomic E-state index is 12.1. The standard InChI is InChI=1S/C14H22ClN5O2/c1-9-11(15)18-19-12(16-9)17-10-6-5-7-20(8-10)13(21)22-14(2,3)4/h10H,5-8H2,1-4H3,(H,16,17,19). The number of piperidine rings is 1. The molecule has 1 aromatic heterocycles. The number of carbonyl (C=O) groups is 1. The number of likely N-dealkylation sites (tertiary alicyclic amines) is 1. The number of rotatable bonds is 2. The van der Waals surface area contributed by atoms with E-state index in [-0.39, 0.29) is 12.1 Å². The summed E-state index contributed by atoms with van der Waals surface area (Å²) in [5, 5.41) is 11.3. The highest BCUT2D eigenvalue weighted by Gasteiger charge is 2.28. The van der Waals surface area contributed by atoms with Crippen LogP contribution < -0.4 is 5.32 Å². The third-order valence-electron chi connectivity index (χ3n) is 3.21. The first-order chi connectivity index (χ1) is 10.2. The van der Waals surface area contributed by atoms with Crippen molar-refractivity contribution in [3.63, 3.8) is 0 Å². The lowest BCUT2D eigenvalue weighted by Crippen LogP contribution is -2.47. The van der Waals surface area contributed by atoms with Crippen LogP contribution in [0.25, 0.3) is 0 Å². The molecule has 0 spiro atoms. The first kappa shape index (κ1) is 16.7. The Kier molecular flexibility index (Phi) is 5.05. The Hall–Kier alpha value is -1.63. The van der Waals surface area contributed by atoms with Crippen LogP contribution in [0.2, 0.25) is 5.15 Å². The summed E-state index contributed by atoms with van der Waals surface area (Å²) in [7, 11) is 0. The van der Waals surface area contributed by atoms with E-state index in [9.17, 15) is 4.79 Å². The highest BCUT2D eigenvalue weighted by molar-refractivity contribution is 6.29. The Morgan fingerprint density at radius 3 is 2.77 bits per heavy atom. The van der Waals surface area contributed by atoms with Gasteiger partial charge in [0, 0.05) is 19.1 Å². The maximum absolute atomic E-state index is 12.1. The Bertz CT molecular complexity index is 547. The van der Waals surface area contributed by atoms with Crippen LogP contribution in [0.4, 0.5) is 10.7 Å². The second-order valence-electron chi connectivity index (χ2n) is 6.42. The second kappa shape index (κ2) is 6.64. The van der Waals surface area contributed by atoms with Gasteiger partial charge >= 0.3 is 6.09 Å². The van der Waals surface area contributed by atoms with Crippen molar-refractivity contribution in [3.05, 3.63) is 10.8 Å². The van der Waals surface area contributed by atoms with E-state index in [1.54, 1.807) is 11.8 Å². The van der Waals surface area contributed by atoms with Gasteiger partial charge in [0.15, 0.2) is 5.15 Å². The molecular formula is C14H22ClN5O2. The van der Waals surface area contributed by atoms with E-state index in [1.807, 2.05) is 20.8 Å². The molecule has 1 saturated heterocycles. The first-order valence-electron chi connectivity index (χ1n) is 7.36. The number of aryl methyl sites for hydroxylation is 1. The number of anilines is 1. The number of ether oxygens (including phenoxy) is 1. The molecule has 1 aliphatic rings. The van der Waals surface area contributed by atoms with Gasteiger partial charge in [-0.15, -0.1) is 10.2 Å². The Morgan fingerprint density at radius 2 is 2.14 bits per heavy atom. The Morgan fingerprint density at radius 1 is 1.41 bits per heavy atom. The third kappa shape index (κ3) is 4.69. The average molecular weight is 328 g/mol. The largest absolute Gasteiger partial charge is 0.444 e. The quantitative estimate of drug-likeness (QED) is 0.899. The Labute approximate surface area is 135 Å². The monoisotopic (exact) mass is 327 g/mol. The van der Waals surface area contributed by atoms with Crippen LogP contribution in [0, 0.1) is 6.92 Å². The smallest absolute Gasteiger partial charge is 0.410 e. The summed E-state index contributed by atoms with van der Waals surface area (Å²) in [6, 6.07) is 0.0728. The van der Waals surface area contributed by atoms with E-state index in [1.165, 1.54) is 0 Å². The summed E-state index contributed by atoms with van der Waals surface area (Å²) < 4.78 is 5.41. The molecule has 0 aromatic carbocycles. The fraction of sp³-hybridized carbons (Fsp3) is 0.714. The van der Waals surface area contributed by atoms with Gasteiger partial charge in [0.25, 0.3) is 0 Å². The molecule has 1 atom stereocenters. The lowest BCUT2D eigenvalue weighted by atomic mass is 10.1. The van der Waals surface area contributed by atoms with Crippen LogP contribution in [0.3, 0.4) is 0 Å². The van der Waals surface area contributed by atoms with Gasteiger partial charge in [-0.05, 0) is 40.5 Å². The van der Waals surface area contributed by atoms with Crippen LogP contribution in [-0.4, -0.2) is 50.9 Å². The van der Waals surface area contributed by atoms with Crippen molar-refractivity contribution in [1.29, 1.82) is 0 Å². The molecule has 1 fully saturated rings. The van der Waals surface area contributed by atoms with Crippen molar-refractivity contribution in [2.24, 2.45) is 0 Å². The van der Waals surface area contributed by atoms with Crippen molar-refractivity contribution in [3.8, 4) is 0 Å². The van der Waals surface area contributed by atoms with Gasteiger partial charge in [0.2, 0.25) is 5.95 Å². The number of nitrogens with zero attached hydrogens (tertiary/aromatic N) is 4. The van der Waals surface area contributed by atoms with Gasteiger partial charge in [-0.2, -0.15) is 0 Å². The fourth-order valence-electron chi connectivity index (χ4n) is 2.22. The highest BCUT2D eigenvalue weighted by Crippen LogP contribution is 2.18. The second-order valence-corrected chi connectivity index (χ2v) is 6.78. The van der Waals surface area contributed by atoms with E-state index in [2.05, 4.69) is 20.5 Å². The predicted octanol–water partition coefficient (Wildman–Crippen LogP) is 2.64. The van der Waals surface area contributed by atoms with E-state index < -0.39 is 5.60 Å². The number of hydrogen-bond acceptors (Lipinski definition) is 6. The molecule has 22 heavy (non-hydrogen) atoms. The average Bonchev–Trinajstić information content (AvgIpc) is 2.41. The van der Waals surface area contributed by atoms with Crippen LogP contribution in [-0.2, 0) is 4.74 Å². The summed E-state index contributed by atoms with van der Waals surface area (Å²) >= 11 is 5.82. The van der Waals surface area contributed by atoms with E-state index in [0.29, 0.717) is 29.9 Å². The van der Waals surface area contributed by atoms with Crippen LogP contribution in [0.5, 0.6) is 0 Å². The minimum atomic E-state index is -0.488. The number of halogens is 1. The van der Waals surface area contributed by atoms with Gasteiger partial charge in [-0.1, -0.05) is 11.6 Å². The van der Waals surface area contributed by atoms with E-state index in [4.69, 9.17) is 16.3 Å². The van der Waals surface area contributed by atoms with Crippen LogP contribution in [0.15, 0.2) is 0 Å². The lowest BCUT2D eigenvalue weighted by Gasteiger charge is -2.34. The number of aromatic nitrogens is 3. The number of hydrogen-bond donors (Lipinski definition) is 1.